The molecule has 0 aromatic rings. The quantitative estimate of drug-likeness (QED) is 0.509. The highest BCUT2D eigenvalue weighted by molar-refractivity contribution is 5.74. The van der Waals surface area contributed by atoms with E-state index in [9.17, 15) is 9.59 Å². The number of carbonyl (C=O) groups is 2. The van der Waals surface area contributed by atoms with Gasteiger partial charge in [-0.1, -0.05) is 13.8 Å². The Morgan fingerprint density at radius 1 is 1.11 bits per heavy atom. The summed E-state index contributed by atoms with van der Waals surface area (Å²) in [5.74, 6) is -0.0370. The van der Waals surface area contributed by atoms with Gasteiger partial charge in [0, 0.05) is 11.8 Å². The smallest absolute Gasteiger partial charge is 0.124 e. The van der Waals surface area contributed by atoms with Gasteiger partial charge in [-0.15, -0.1) is 0 Å². The number of hydrogen-bond donors (Lipinski definition) is 0. The van der Waals surface area contributed by atoms with Gasteiger partial charge in [0.25, 0.3) is 0 Å². The number of rotatable bonds is 2. The van der Waals surface area contributed by atoms with E-state index in [4.69, 9.17) is 0 Å². The zero-order valence-electron chi connectivity index (χ0n) is 5.63. The van der Waals surface area contributed by atoms with Gasteiger partial charge in [-0.2, -0.15) is 0 Å². The number of hydrogen-bond acceptors (Lipinski definition) is 2. The highest BCUT2D eigenvalue weighted by Gasteiger charge is 2.57. The molecule has 0 bridgehead atoms. The molecular formula is C7H10O2. The molecule has 2 nitrogen and oxygen atoms in total. The van der Waals surface area contributed by atoms with Gasteiger partial charge in [-0.3, -0.25) is 0 Å². The Morgan fingerprint density at radius 3 is 1.56 bits per heavy atom. The molecule has 1 saturated carbocycles. The average molecular weight is 126 g/mol. The van der Waals surface area contributed by atoms with E-state index in [0.717, 1.165) is 12.6 Å². The Balaban J connectivity index is 2.64. The van der Waals surface area contributed by atoms with Crippen LogP contribution in [-0.4, -0.2) is 12.6 Å². The van der Waals surface area contributed by atoms with Crippen LogP contribution >= 0.6 is 0 Å². The second kappa shape index (κ2) is 1.66. The first-order valence-electron chi connectivity index (χ1n) is 3.05. The van der Waals surface area contributed by atoms with Crippen molar-refractivity contribution in [2.45, 2.75) is 13.8 Å². The molecule has 0 spiro atoms. The van der Waals surface area contributed by atoms with Crippen LogP contribution in [-0.2, 0) is 9.59 Å². The van der Waals surface area contributed by atoms with Gasteiger partial charge in [0.05, 0.1) is 0 Å². The molecule has 1 rings (SSSR count). The SMILES string of the molecule is CC1(C)[C@H](C=O)[C@H]1C=O. The Morgan fingerprint density at radius 2 is 1.44 bits per heavy atom. The van der Waals surface area contributed by atoms with Crippen molar-refractivity contribution in [2.75, 3.05) is 0 Å². The summed E-state index contributed by atoms with van der Waals surface area (Å²) in [5, 5.41) is 0. The maximum Gasteiger partial charge on any atom is 0.124 e. The molecule has 0 radical (unpaired) electrons. The number of aldehydes is 2. The Labute approximate surface area is 54.2 Å². The fourth-order valence-electron chi connectivity index (χ4n) is 1.24. The van der Waals surface area contributed by atoms with E-state index in [1.165, 1.54) is 0 Å². The molecule has 2 atom stereocenters. The van der Waals surface area contributed by atoms with Crippen LogP contribution in [0.2, 0.25) is 0 Å². The molecule has 9 heavy (non-hydrogen) atoms. The minimum atomic E-state index is -0.0521. The summed E-state index contributed by atoms with van der Waals surface area (Å²) < 4.78 is 0. The van der Waals surface area contributed by atoms with Crippen molar-refractivity contribution in [3.63, 3.8) is 0 Å². The van der Waals surface area contributed by atoms with Gasteiger partial charge in [0.2, 0.25) is 0 Å². The highest BCUT2D eigenvalue weighted by atomic mass is 16.1. The van der Waals surface area contributed by atoms with Gasteiger partial charge >= 0.3 is 0 Å². The van der Waals surface area contributed by atoms with Crippen molar-refractivity contribution in [3.05, 3.63) is 0 Å². The van der Waals surface area contributed by atoms with Crippen LogP contribution in [0.3, 0.4) is 0 Å². The van der Waals surface area contributed by atoms with E-state index in [2.05, 4.69) is 0 Å². The second-order valence-corrected chi connectivity index (χ2v) is 3.15. The third kappa shape index (κ3) is 0.696. The van der Waals surface area contributed by atoms with Crippen molar-refractivity contribution in [2.24, 2.45) is 17.3 Å². The summed E-state index contributed by atoms with van der Waals surface area (Å²) in [5.41, 5.74) is -0.0521. The zero-order chi connectivity index (χ0) is 7.07. The summed E-state index contributed by atoms with van der Waals surface area (Å²) in [7, 11) is 0. The van der Waals surface area contributed by atoms with Crippen LogP contribution in [0.25, 0.3) is 0 Å². The minimum absolute atomic E-state index is 0.0185. The molecule has 0 aromatic heterocycles. The fourth-order valence-corrected chi connectivity index (χ4v) is 1.24. The van der Waals surface area contributed by atoms with Crippen LogP contribution in [0.15, 0.2) is 0 Å². The van der Waals surface area contributed by atoms with Crippen molar-refractivity contribution in [1.82, 2.24) is 0 Å². The molecule has 0 aliphatic heterocycles. The summed E-state index contributed by atoms with van der Waals surface area (Å²) >= 11 is 0. The van der Waals surface area contributed by atoms with E-state index in [1.807, 2.05) is 13.8 Å². The lowest BCUT2D eigenvalue weighted by Gasteiger charge is -1.92. The molecule has 1 fully saturated rings. The first-order chi connectivity index (χ1) is 4.14. The lowest BCUT2D eigenvalue weighted by molar-refractivity contribution is -0.112. The molecule has 1 aliphatic rings. The molecule has 50 valence electrons. The normalized spacial score (nSPS) is 37.6. The third-order valence-corrected chi connectivity index (χ3v) is 2.29. The van der Waals surface area contributed by atoms with Crippen molar-refractivity contribution >= 4 is 12.6 Å². The lowest BCUT2D eigenvalue weighted by Crippen LogP contribution is -1.90. The van der Waals surface area contributed by atoms with E-state index >= 15 is 0 Å². The summed E-state index contributed by atoms with van der Waals surface area (Å²) in [6.07, 6.45) is 1.75. The summed E-state index contributed by atoms with van der Waals surface area (Å²) in [4.78, 5) is 20.4. The van der Waals surface area contributed by atoms with Crippen LogP contribution in [0.5, 0.6) is 0 Å². The second-order valence-electron chi connectivity index (χ2n) is 3.15. The zero-order valence-corrected chi connectivity index (χ0v) is 5.63. The molecule has 0 heterocycles. The lowest BCUT2D eigenvalue weighted by atomic mass is 10.1. The van der Waals surface area contributed by atoms with Gasteiger partial charge in [0.15, 0.2) is 0 Å². The van der Waals surface area contributed by atoms with E-state index in [1.54, 1.807) is 0 Å². The van der Waals surface area contributed by atoms with E-state index in [-0.39, 0.29) is 17.3 Å². The first-order valence-corrected chi connectivity index (χ1v) is 3.05. The Kier molecular flexibility index (Phi) is 1.19. The molecular weight excluding hydrogens is 116 g/mol. The van der Waals surface area contributed by atoms with Gasteiger partial charge in [-0.05, 0) is 5.41 Å². The summed E-state index contributed by atoms with van der Waals surface area (Å²) in [6.45, 7) is 3.87. The van der Waals surface area contributed by atoms with Crippen LogP contribution in [0.4, 0.5) is 0 Å². The molecule has 0 unspecified atom stereocenters. The Bertz CT molecular complexity index is 133. The van der Waals surface area contributed by atoms with E-state index in [0.29, 0.717) is 0 Å². The molecule has 1 aliphatic carbocycles. The predicted octanol–water partition coefficient (Wildman–Crippen LogP) is 0.656. The van der Waals surface area contributed by atoms with Crippen molar-refractivity contribution in [1.29, 1.82) is 0 Å². The highest BCUT2D eigenvalue weighted by Crippen LogP contribution is 2.55. The van der Waals surface area contributed by atoms with Gasteiger partial charge in [-0.25, -0.2) is 0 Å². The maximum absolute atomic E-state index is 10.2. The average Bonchev–Trinajstić information content (AvgIpc) is 2.32. The van der Waals surface area contributed by atoms with Gasteiger partial charge in [0.1, 0.15) is 12.6 Å². The number of carbonyl (C=O) groups excluding carboxylic acids is 2. The minimum Gasteiger partial charge on any atom is -0.303 e. The van der Waals surface area contributed by atoms with Gasteiger partial charge < -0.3 is 9.59 Å². The molecule has 2 heteroatoms. The monoisotopic (exact) mass is 126 g/mol. The Hall–Kier alpha value is -0.660. The first kappa shape index (κ1) is 6.46. The molecule has 0 amide bonds. The molecule has 0 saturated heterocycles. The largest absolute Gasteiger partial charge is 0.303 e. The maximum atomic E-state index is 10.2. The van der Waals surface area contributed by atoms with Crippen molar-refractivity contribution in [3.8, 4) is 0 Å². The molecule has 0 aromatic carbocycles. The van der Waals surface area contributed by atoms with Crippen LogP contribution in [0.1, 0.15) is 13.8 Å². The third-order valence-electron chi connectivity index (χ3n) is 2.29. The molecule has 0 N–H and O–H groups in total. The summed E-state index contributed by atoms with van der Waals surface area (Å²) in [6, 6.07) is 0. The standard InChI is InChI=1S/C7H10O2/c1-7(2)5(3-8)6(7)4-9/h3-6H,1-2H3/t5-,6-/m1/s1. The topological polar surface area (TPSA) is 34.1 Å². The predicted molar refractivity (Wildman–Crippen MR) is 32.9 cm³/mol. The van der Waals surface area contributed by atoms with Crippen LogP contribution < -0.4 is 0 Å². The fraction of sp³-hybridized carbons (Fsp3) is 0.714. The van der Waals surface area contributed by atoms with Crippen molar-refractivity contribution < 1.29 is 9.59 Å². The van der Waals surface area contributed by atoms with E-state index < -0.39 is 0 Å². The van der Waals surface area contributed by atoms with Crippen LogP contribution in [0, 0.1) is 17.3 Å².